The number of aliphatic hydroxyl groups excluding tert-OH is 1. The first-order valence-electron chi connectivity index (χ1n) is 6.22. The van der Waals surface area contributed by atoms with Crippen molar-refractivity contribution in [2.24, 2.45) is 5.92 Å². The molecule has 0 aromatic heterocycles. The summed E-state index contributed by atoms with van der Waals surface area (Å²) in [5.74, 6) is -0.394. The van der Waals surface area contributed by atoms with Crippen molar-refractivity contribution < 1.29 is 15.0 Å². The molecule has 4 heteroatoms. The monoisotopic (exact) mass is 231 g/mol. The topological polar surface area (TPSA) is 69.6 Å². The lowest BCUT2D eigenvalue weighted by molar-refractivity contribution is -0.139. The fourth-order valence-corrected chi connectivity index (χ4v) is 1.85. The number of hydrogen-bond donors (Lipinski definition) is 3. The molecule has 0 fully saturated rings. The van der Waals surface area contributed by atoms with Crippen molar-refractivity contribution in [3.8, 4) is 0 Å². The van der Waals surface area contributed by atoms with Gasteiger partial charge in [-0.3, -0.25) is 4.79 Å². The highest BCUT2D eigenvalue weighted by Crippen LogP contribution is 2.10. The van der Waals surface area contributed by atoms with Gasteiger partial charge in [-0.2, -0.15) is 0 Å². The molecule has 0 saturated carbocycles. The molecule has 0 radical (unpaired) electrons. The zero-order chi connectivity index (χ0) is 12.4. The summed E-state index contributed by atoms with van der Waals surface area (Å²) in [5.41, 5.74) is 0. The molecule has 0 aliphatic heterocycles. The Kier molecular flexibility index (Phi) is 9.24. The fourth-order valence-electron chi connectivity index (χ4n) is 1.85. The van der Waals surface area contributed by atoms with Crippen LogP contribution in [0.3, 0.4) is 0 Å². The molecule has 0 spiro atoms. The number of carbonyl (C=O) groups is 1. The van der Waals surface area contributed by atoms with Crippen LogP contribution in [0.2, 0.25) is 0 Å². The average Bonchev–Trinajstić information content (AvgIpc) is 2.24. The van der Waals surface area contributed by atoms with Crippen LogP contribution in [0.15, 0.2) is 0 Å². The Morgan fingerprint density at radius 1 is 1.19 bits per heavy atom. The van der Waals surface area contributed by atoms with Crippen LogP contribution in [0.25, 0.3) is 0 Å². The number of hydrogen-bond acceptors (Lipinski definition) is 3. The van der Waals surface area contributed by atoms with E-state index in [0.29, 0.717) is 18.9 Å². The smallest absolute Gasteiger partial charge is 0.320 e. The van der Waals surface area contributed by atoms with Gasteiger partial charge in [-0.1, -0.05) is 26.7 Å². The zero-order valence-electron chi connectivity index (χ0n) is 10.4. The van der Waals surface area contributed by atoms with Gasteiger partial charge in [0.1, 0.15) is 6.04 Å². The molecule has 2 unspecified atom stereocenters. The van der Waals surface area contributed by atoms with Crippen LogP contribution >= 0.6 is 0 Å². The van der Waals surface area contributed by atoms with E-state index in [1.807, 2.05) is 6.92 Å². The zero-order valence-corrected chi connectivity index (χ0v) is 10.4. The van der Waals surface area contributed by atoms with Crippen molar-refractivity contribution >= 4 is 5.97 Å². The summed E-state index contributed by atoms with van der Waals surface area (Å²) in [6.07, 6.45) is 4.37. The maximum Gasteiger partial charge on any atom is 0.320 e. The summed E-state index contributed by atoms with van der Waals surface area (Å²) in [6.45, 7) is 4.95. The van der Waals surface area contributed by atoms with Crippen LogP contribution in [0.5, 0.6) is 0 Å². The molecular weight excluding hydrogens is 206 g/mol. The molecule has 0 saturated heterocycles. The maximum absolute atomic E-state index is 10.9. The predicted octanol–water partition coefficient (Wildman–Crippen LogP) is 1.63. The Hall–Kier alpha value is -0.610. The van der Waals surface area contributed by atoms with E-state index < -0.39 is 12.0 Å². The molecule has 4 nitrogen and oxygen atoms in total. The number of aliphatic carboxylic acids is 1. The van der Waals surface area contributed by atoms with Gasteiger partial charge in [0.15, 0.2) is 0 Å². The van der Waals surface area contributed by atoms with E-state index in [1.54, 1.807) is 0 Å². The minimum atomic E-state index is -0.777. The summed E-state index contributed by atoms with van der Waals surface area (Å²) in [7, 11) is 0. The molecule has 16 heavy (non-hydrogen) atoms. The summed E-state index contributed by atoms with van der Waals surface area (Å²) >= 11 is 0. The Bertz CT molecular complexity index is 179. The molecule has 0 bridgehead atoms. The normalized spacial score (nSPS) is 14.7. The number of carboxylic acids is 1. The van der Waals surface area contributed by atoms with Gasteiger partial charge in [0.05, 0.1) is 0 Å². The van der Waals surface area contributed by atoms with E-state index in [9.17, 15) is 4.79 Å². The molecule has 0 aromatic rings. The molecule has 3 N–H and O–H groups in total. The highest BCUT2D eigenvalue weighted by molar-refractivity contribution is 5.73. The Morgan fingerprint density at radius 3 is 2.25 bits per heavy atom. The third kappa shape index (κ3) is 6.80. The van der Waals surface area contributed by atoms with Crippen molar-refractivity contribution in [1.29, 1.82) is 0 Å². The van der Waals surface area contributed by atoms with Crippen molar-refractivity contribution in [3.63, 3.8) is 0 Å². The van der Waals surface area contributed by atoms with E-state index in [1.165, 1.54) is 0 Å². The van der Waals surface area contributed by atoms with Gasteiger partial charge in [-0.15, -0.1) is 0 Å². The van der Waals surface area contributed by atoms with Gasteiger partial charge < -0.3 is 15.5 Å². The summed E-state index contributed by atoms with van der Waals surface area (Å²) in [5, 5.41) is 20.9. The molecule has 0 aliphatic rings. The molecule has 0 heterocycles. The third-order valence-corrected chi connectivity index (χ3v) is 2.76. The summed E-state index contributed by atoms with van der Waals surface area (Å²) < 4.78 is 0. The van der Waals surface area contributed by atoms with Crippen LogP contribution < -0.4 is 5.32 Å². The molecule has 96 valence electrons. The maximum atomic E-state index is 10.9. The third-order valence-electron chi connectivity index (χ3n) is 2.76. The van der Waals surface area contributed by atoms with Crippen LogP contribution in [-0.2, 0) is 4.79 Å². The minimum absolute atomic E-state index is 0.178. The second-order valence-corrected chi connectivity index (χ2v) is 4.25. The van der Waals surface area contributed by atoms with Crippen LogP contribution in [0, 0.1) is 5.92 Å². The van der Waals surface area contributed by atoms with E-state index in [-0.39, 0.29) is 6.61 Å². The van der Waals surface area contributed by atoms with Crippen molar-refractivity contribution in [1.82, 2.24) is 5.32 Å². The highest BCUT2D eigenvalue weighted by atomic mass is 16.4. The SMILES string of the molecule is CCCC(CCO)CNC(CCC)C(=O)O. The number of aliphatic hydroxyl groups is 1. The van der Waals surface area contributed by atoms with Crippen LogP contribution in [-0.4, -0.2) is 35.4 Å². The lowest BCUT2D eigenvalue weighted by Crippen LogP contribution is -2.39. The van der Waals surface area contributed by atoms with Crippen LogP contribution in [0.4, 0.5) is 0 Å². The standard InChI is InChI=1S/C12H25NO3/c1-3-5-10(7-8-14)9-13-11(6-4-2)12(15)16/h10-11,13-14H,3-9H2,1-2H3,(H,15,16). The first-order valence-corrected chi connectivity index (χ1v) is 6.22. The average molecular weight is 231 g/mol. The first kappa shape index (κ1) is 15.4. The molecule has 2 atom stereocenters. The molecular formula is C12H25NO3. The van der Waals surface area contributed by atoms with E-state index in [2.05, 4.69) is 12.2 Å². The van der Waals surface area contributed by atoms with Crippen molar-refractivity contribution in [3.05, 3.63) is 0 Å². The van der Waals surface area contributed by atoms with Crippen molar-refractivity contribution in [2.45, 2.75) is 52.0 Å². The molecule has 0 amide bonds. The van der Waals surface area contributed by atoms with Gasteiger partial charge >= 0.3 is 5.97 Å². The van der Waals surface area contributed by atoms with Crippen molar-refractivity contribution in [2.75, 3.05) is 13.2 Å². The minimum Gasteiger partial charge on any atom is -0.480 e. The second-order valence-electron chi connectivity index (χ2n) is 4.25. The lowest BCUT2D eigenvalue weighted by atomic mass is 9.99. The van der Waals surface area contributed by atoms with Gasteiger partial charge in [-0.25, -0.2) is 0 Å². The first-order chi connectivity index (χ1) is 7.65. The van der Waals surface area contributed by atoms with Gasteiger partial charge in [-0.05, 0) is 31.7 Å². The highest BCUT2D eigenvalue weighted by Gasteiger charge is 2.17. The van der Waals surface area contributed by atoms with E-state index in [0.717, 1.165) is 25.7 Å². The molecule has 0 rings (SSSR count). The molecule has 0 aliphatic carbocycles. The van der Waals surface area contributed by atoms with Gasteiger partial charge in [0.25, 0.3) is 0 Å². The number of nitrogens with one attached hydrogen (secondary N) is 1. The number of rotatable bonds is 10. The van der Waals surface area contributed by atoms with Gasteiger partial charge in [0, 0.05) is 6.61 Å². The fraction of sp³-hybridized carbons (Fsp3) is 0.917. The van der Waals surface area contributed by atoms with Crippen LogP contribution in [0.1, 0.15) is 46.0 Å². The lowest BCUT2D eigenvalue weighted by Gasteiger charge is -2.19. The van der Waals surface area contributed by atoms with E-state index in [4.69, 9.17) is 10.2 Å². The molecule has 0 aromatic carbocycles. The quantitative estimate of drug-likeness (QED) is 0.534. The Morgan fingerprint density at radius 2 is 1.81 bits per heavy atom. The summed E-state index contributed by atoms with van der Waals surface area (Å²) in [6, 6.07) is -0.442. The predicted molar refractivity (Wildman–Crippen MR) is 64.4 cm³/mol. The Labute approximate surface area is 98.1 Å². The van der Waals surface area contributed by atoms with Gasteiger partial charge in [0.2, 0.25) is 0 Å². The number of carboxylic acid groups (broad SMARTS) is 1. The summed E-state index contributed by atoms with van der Waals surface area (Å²) in [4.78, 5) is 10.9. The Balaban J connectivity index is 3.98. The second kappa shape index (κ2) is 9.60. The largest absolute Gasteiger partial charge is 0.480 e. The van der Waals surface area contributed by atoms with E-state index >= 15 is 0 Å².